The minimum atomic E-state index is -0.0447. The molecule has 0 aliphatic rings. The van der Waals surface area contributed by atoms with Gasteiger partial charge >= 0.3 is 0 Å². The molecular weight excluding hydrogens is 220 g/mol. The highest BCUT2D eigenvalue weighted by atomic mass is 16.5. The first-order valence-electron chi connectivity index (χ1n) is 5.53. The maximum atomic E-state index is 9.31. The minimum Gasteiger partial charge on any atom is -0.496 e. The molecule has 1 rings (SSSR count). The van der Waals surface area contributed by atoms with Crippen LogP contribution in [0.25, 0.3) is 0 Å². The average molecular weight is 240 g/mol. The Morgan fingerprint density at radius 1 is 1.18 bits per heavy atom. The van der Waals surface area contributed by atoms with Crippen LogP contribution < -0.4 is 9.47 Å². The molecule has 0 aliphatic carbocycles. The first-order valence-corrected chi connectivity index (χ1v) is 5.53. The summed E-state index contributed by atoms with van der Waals surface area (Å²) < 4.78 is 15.9. The van der Waals surface area contributed by atoms with E-state index in [4.69, 9.17) is 14.2 Å². The van der Waals surface area contributed by atoms with Gasteiger partial charge in [0.05, 0.1) is 20.8 Å². The first kappa shape index (κ1) is 13.8. The van der Waals surface area contributed by atoms with Crippen LogP contribution in [-0.4, -0.2) is 33.0 Å². The van der Waals surface area contributed by atoms with Gasteiger partial charge in [-0.05, 0) is 12.1 Å². The number of methoxy groups -OCH3 is 3. The molecule has 1 aromatic carbocycles. The summed E-state index contributed by atoms with van der Waals surface area (Å²) >= 11 is 0. The zero-order valence-electron chi connectivity index (χ0n) is 10.8. The Hall–Kier alpha value is -1.26. The first-order chi connectivity index (χ1) is 8.19. The number of rotatable bonds is 6. The summed E-state index contributed by atoms with van der Waals surface area (Å²) in [7, 11) is 4.86. The van der Waals surface area contributed by atoms with Crippen LogP contribution in [0.4, 0.5) is 0 Å². The predicted molar refractivity (Wildman–Crippen MR) is 65.8 cm³/mol. The van der Waals surface area contributed by atoms with Crippen molar-refractivity contribution in [1.29, 1.82) is 0 Å². The summed E-state index contributed by atoms with van der Waals surface area (Å²) in [6.45, 7) is 2.44. The molecule has 17 heavy (non-hydrogen) atoms. The largest absolute Gasteiger partial charge is 0.496 e. The van der Waals surface area contributed by atoms with E-state index in [-0.39, 0.29) is 12.5 Å². The van der Waals surface area contributed by atoms with Gasteiger partial charge in [-0.3, -0.25) is 0 Å². The van der Waals surface area contributed by atoms with Gasteiger partial charge in [0.1, 0.15) is 11.5 Å². The molecule has 0 amide bonds. The molecule has 4 nitrogen and oxygen atoms in total. The molecule has 1 aromatic rings. The van der Waals surface area contributed by atoms with Gasteiger partial charge in [-0.25, -0.2) is 0 Å². The van der Waals surface area contributed by atoms with E-state index in [1.165, 1.54) is 0 Å². The number of benzene rings is 1. The summed E-state index contributed by atoms with van der Waals surface area (Å²) in [5, 5.41) is 9.31. The zero-order valence-corrected chi connectivity index (χ0v) is 10.8. The van der Waals surface area contributed by atoms with Crippen LogP contribution in [0.1, 0.15) is 24.0 Å². The molecule has 4 heteroatoms. The van der Waals surface area contributed by atoms with E-state index in [2.05, 4.69) is 0 Å². The Bertz CT molecular complexity index is 363. The van der Waals surface area contributed by atoms with Crippen LogP contribution in [0.15, 0.2) is 12.1 Å². The monoisotopic (exact) mass is 240 g/mol. The minimum absolute atomic E-state index is 0.0447. The Labute approximate surface area is 102 Å². The number of ether oxygens (including phenoxy) is 3. The predicted octanol–water partition coefficient (Wildman–Crippen LogP) is 1.95. The van der Waals surface area contributed by atoms with Crippen molar-refractivity contribution >= 4 is 0 Å². The molecule has 0 bridgehead atoms. The van der Waals surface area contributed by atoms with Gasteiger partial charge < -0.3 is 19.3 Å². The third-order valence-corrected chi connectivity index (χ3v) is 2.73. The van der Waals surface area contributed by atoms with Gasteiger partial charge in [-0.2, -0.15) is 0 Å². The lowest BCUT2D eigenvalue weighted by Gasteiger charge is -2.20. The molecule has 0 heterocycles. The number of hydrogen-bond donors (Lipinski definition) is 1. The molecule has 1 unspecified atom stereocenters. The van der Waals surface area contributed by atoms with Crippen LogP contribution >= 0.6 is 0 Å². The second-order valence-corrected chi connectivity index (χ2v) is 3.89. The van der Waals surface area contributed by atoms with Gasteiger partial charge in [-0.1, -0.05) is 6.92 Å². The van der Waals surface area contributed by atoms with E-state index in [1.807, 2.05) is 19.1 Å². The van der Waals surface area contributed by atoms with Crippen molar-refractivity contribution in [2.45, 2.75) is 19.4 Å². The Morgan fingerprint density at radius 2 is 1.88 bits per heavy atom. The maximum Gasteiger partial charge on any atom is 0.131 e. The topological polar surface area (TPSA) is 47.9 Å². The number of hydrogen-bond acceptors (Lipinski definition) is 4. The van der Waals surface area contributed by atoms with E-state index in [9.17, 15) is 5.11 Å². The van der Waals surface area contributed by atoms with E-state index in [0.717, 1.165) is 22.6 Å². The molecular formula is C13H20O4. The quantitative estimate of drug-likeness (QED) is 0.825. The number of aliphatic hydroxyl groups is 1. The molecule has 0 spiro atoms. The van der Waals surface area contributed by atoms with Gasteiger partial charge in [0.15, 0.2) is 0 Å². The van der Waals surface area contributed by atoms with Crippen molar-refractivity contribution in [3.63, 3.8) is 0 Å². The van der Waals surface area contributed by atoms with Gasteiger partial charge in [-0.15, -0.1) is 0 Å². The number of aliphatic hydroxyl groups excluding tert-OH is 1. The third kappa shape index (κ3) is 2.90. The molecule has 1 atom stereocenters. The summed E-state index contributed by atoms with van der Waals surface area (Å²) in [5.74, 6) is 1.41. The smallest absolute Gasteiger partial charge is 0.131 e. The van der Waals surface area contributed by atoms with E-state index < -0.39 is 0 Å². The molecule has 0 saturated heterocycles. The van der Waals surface area contributed by atoms with Crippen LogP contribution in [-0.2, 0) is 11.3 Å². The summed E-state index contributed by atoms with van der Waals surface area (Å²) in [5.41, 5.74) is 1.83. The summed E-state index contributed by atoms with van der Waals surface area (Å²) in [4.78, 5) is 0. The van der Waals surface area contributed by atoms with Crippen molar-refractivity contribution in [3.8, 4) is 11.5 Å². The lowest BCUT2D eigenvalue weighted by molar-refractivity contribution is 0.181. The second-order valence-electron chi connectivity index (χ2n) is 3.89. The lowest BCUT2D eigenvalue weighted by Crippen LogP contribution is -2.07. The molecule has 1 N–H and O–H groups in total. The Morgan fingerprint density at radius 3 is 2.35 bits per heavy atom. The lowest BCUT2D eigenvalue weighted by atomic mass is 9.97. The van der Waals surface area contributed by atoms with Crippen molar-refractivity contribution in [3.05, 3.63) is 23.3 Å². The van der Waals surface area contributed by atoms with E-state index in [0.29, 0.717) is 6.61 Å². The van der Waals surface area contributed by atoms with Crippen molar-refractivity contribution in [2.24, 2.45) is 0 Å². The summed E-state index contributed by atoms with van der Waals surface area (Å²) in [6.07, 6.45) is 0. The van der Waals surface area contributed by atoms with Gasteiger partial charge in [0, 0.05) is 30.8 Å². The molecule has 0 aromatic heterocycles. The van der Waals surface area contributed by atoms with Crippen LogP contribution in [0.3, 0.4) is 0 Å². The zero-order chi connectivity index (χ0) is 12.8. The summed E-state index contributed by atoms with van der Waals surface area (Å²) in [6, 6.07) is 3.78. The molecule has 96 valence electrons. The molecule has 0 radical (unpaired) electrons. The van der Waals surface area contributed by atoms with Crippen LogP contribution in [0.2, 0.25) is 0 Å². The molecule has 0 aliphatic heterocycles. The molecule has 0 saturated carbocycles. The fourth-order valence-electron chi connectivity index (χ4n) is 1.87. The highest BCUT2D eigenvalue weighted by molar-refractivity contribution is 5.51. The van der Waals surface area contributed by atoms with Crippen LogP contribution in [0.5, 0.6) is 11.5 Å². The average Bonchev–Trinajstić information content (AvgIpc) is 2.37. The van der Waals surface area contributed by atoms with Gasteiger partial charge in [0.25, 0.3) is 0 Å². The Kier molecular flexibility index (Phi) is 5.25. The maximum absolute atomic E-state index is 9.31. The fraction of sp³-hybridized carbons (Fsp3) is 0.538. The SMILES string of the molecule is COCc1ccc(OC)c(C(C)CO)c1OC. The van der Waals surface area contributed by atoms with Gasteiger partial charge in [0.2, 0.25) is 0 Å². The van der Waals surface area contributed by atoms with E-state index >= 15 is 0 Å². The van der Waals surface area contributed by atoms with Crippen molar-refractivity contribution < 1.29 is 19.3 Å². The molecule has 0 fully saturated rings. The van der Waals surface area contributed by atoms with Crippen molar-refractivity contribution in [1.82, 2.24) is 0 Å². The normalized spacial score (nSPS) is 12.3. The highest BCUT2D eigenvalue weighted by Crippen LogP contribution is 2.37. The van der Waals surface area contributed by atoms with Crippen LogP contribution in [0, 0.1) is 0 Å². The van der Waals surface area contributed by atoms with Crippen molar-refractivity contribution in [2.75, 3.05) is 27.9 Å². The van der Waals surface area contributed by atoms with E-state index in [1.54, 1.807) is 21.3 Å². The second kappa shape index (κ2) is 6.47. The third-order valence-electron chi connectivity index (χ3n) is 2.73. The standard InChI is InChI=1S/C13H20O4/c1-9(7-14)12-11(16-3)6-5-10(8-15-2)13(12)17-4/h5-6,9,14H,7-8H2,1-4H3. The fourth-order valence-corrected chi connectivity index (χ4v) is 1.87. The highest BCUT2D eigenvalue weighted by Gasteiger charge is 2.19. The Balaban J connectivity index is 3.32.